The Balaban J connectivity index is 1.89. The molecule has 1 aromatic carbocycles. The van der Waals surface area contributed by atoms with Gasteiger partial charge in [-0.15, -0.1) is 11.3 Å². The summed E-state index contributed by atoms with van der Waals surface area (Å²) >= 11 is 7.63. The second-order valence-electron chi connectivity index (χ2n) is 5.24. The smallest absolute Gasteiger partial charge is 0.275 e. The van der Waals surface area contributed by atoms with Crippen LogP contribution < -0.4 is 10.7 Å². The number of rotatable bonds is 5. The van der Waals surface area contributed by atoms with Crippen molar-refractivity contribution >= 4 is 39.7 Å². The van der Waals surface area contributed by atoms with Gasteiger partial charge in [-0.3, -0.25) is 14.3 Å². The molecule has 2 heterocycles. The van der Waals surface area contributed by atoms with E-state index in [2.05, 4.69) is 10.4 Å². The van der Waals surface area contributed by atoms with Gasteiger partial charge in [0.2, 0.25) is 5.43 Å². The molecule has 0 aliphatic rings. The lowest BCUT2D eigenvalue weighted by molar-refractivity contribution is 0.0946. The molecule has 0 saturated heterocycles. The van der Waals surface area contributed by atoms with Gasteiger partial charge in [-0.2, -0.15) is 5.10 Å². The van der Waals surface area contributed by atoms with Crippen LogP contribution in [0.3, 0.4) is 0 Å². The van der Waals surface area contributed by atoms with Crippen molar-refractivity contribution in [3.8, 4) is 0 Å². The van der Waals surface area contributed by atoms with Crippen molar-refractivity contribution in [3.63, 3.8) is 0 Å². The van der Waals surface area contributed by atoms with Crippen LogP contribution >= 0.6 is 22.9 Å². The van der Waals surface area contributed by atoms with Gasteiger partial charge in [0.05, 0.1) is 10.9 Å². The van der Waals surface area contributed by atoms with Crippen molar-refractivity contribution in [2.75, 3.05) is 6.54 Å². The zero-order chi connectivity index (χ0) is 17.1. The summed E-state index contributed by atoms with van der Waals surface area (Å²) in [7, 11) is 0. The van der Waals surface area contributed by atoms with Crippen molar-refractivity contribution in [2.24, 2.45) is 0 Å². The van der Waals surface area contributed by atoms with E-state index in [9.17, 15) is 9.59 Å². The first-order valence-corrected chi connectivity index (χ1v) is 8.87. The number of nitrogens with zero attached hydrogens (tertiary/aromatic N) is 2. The molecule has 1 amide bonds. The number of benzene rings is 1. The van der Waals surface area contributed by atoms with E-state index in [-0.39, 0.29) is 5.69 Å². The van der Waals surface area contributed by atoms with Crippen molar-refractivity contribution in [3.05, 3.63) is 61.5 Å². The van der Waals surface area contributed by atoms with Crippen LogP contribution in [0.4, 0.5) is 0 Å². The molecule has 5 nitrogen and oxygen atoms in total. The number of amides is 1. The second-order valence-corrected chi connectivity index (χ2v) is 6.71. The van der Waals surface area contributed by atoms with Crippen LogP contribution in [0.15, 0.2) is 40.5 Å². The zero-order valence-electron chi connectivity index (χ0n) is 13.1. The van der Waals surface area contributed by atoms with Gasteiger partial charge >= 0.3 is 0 Å². The monoisotopic (exact) mass is 361 g/mol. The standard InChI is InChI=1S/C17H16ClN3O2S/c1-2-21-14-6-5-11(18)10-13(14)16(22)15(20-21)17(23)19-8-7-12-4-3-9-24-12/h3-6,9-10H,2,7-8H2,1H3,(H,19,23). The van der Waals surface area contributed by atoms with E-state index in [0.717, 1.165) is 6.42 Å². The van der Waals surface area contributed by atoms with E-state index >= 15 is 0 Å². The van der Waals surface area contributed by atoms with Crippen LogP contribution in [0.5, 0.6) is 0 Å². The highest BCUT2D eigenvalue weighted by molar-refractivity contribution is 7.09. The lowest BCUT2D eigenvalue weighted by Gasteiger charge is -2.10. The molecule has 0 fully saturated rings. The second kappa shape index (κ2) is 7.15. The van der Waals surface area contributed by atoms with Crippen LogP contribution in [0.25, 0.3) is 10.9 Å². The van der Waals surface area contributed by atoms with E-state index in [4.69, 9.17) is 11.6 Å². The third kappa shape index (κ3) is 3.34. The molecule has 0 atom stereocenters. The van der Waals surface area contributed by atoms with E-state index < -0.39 is 11.3 Å². The molecule has 0 saturated carbocycles. The first-order chi connectivity index (χ1) is 11.6. The summed E-state index contributed by atoms with van der Waals surface area (Å²) in [6.07, 6.45) is 0.727. The predicted molar refractivity (Wildman–Crippen MR) is 97.0 cm³/mol. The molecule has 124 valence electrons. The third-order valence-corrected chi connectivity index (χ3v) is 4.84. The van der Waals surface area contributed by atoms with Crippen LogP contribution in [0.1, 0.15) is 22.3 Å². The van der Waals surface area contributed by atoms with Gasteiger partial charge in [0.1, 0.15) is 0 Å². The molecule has 0 aliphatic carbocycles. The van der Waals surface area contributed by atoms with Gasteiger partial charge in [-0.05, 0) is 43.0 Å². The number of aromatic nitrogens is 2. The van der Waals surface area contributed by atoms with Crippen molar-refractivity contribution < 1.29 is 4.79 Å². The molecule has 0 spiro atoms. The number of hydrogen-bond acceptors (Lipinski definition) is 4. The number of carbonyl (C=O) groups is 1. The lowest BCUT2D eigenvalue weighted by atomic mass is 10.2. The summed E-state index contributed by atoms with van der Waals surface area (Å²) in [6, 6.07) is 9.01. The predicted octanol–water partition coefficient (Wildman–Crippen LogP) is 3.10. The van der Waals surface area contributed by atoms with Crippen LogP contribution in [-0.4, -0.2) is 22.2 Å². The van der Waals surface area contributed by atoms with Gasteiger partial charge in [0.25, 0.3) is 5.91 Å². The highest BCUT2D eigenvalue weighted by atomic mass is 35.5. The summed E-state index contributed by atoms with van der Waals surface area (Å²) in [5.41, 5.74) is 0.172. The summed E-state index contributed by atoms with van der Waals surface area (Å²) in [5.74, 6) is -0.458. The molecule has 3 rings (SSSR count). The Morgan fingerprint density at radius 1 is 1.38 bits per heavy atom. The highest BCUT2D eigenvalue weighted by Gasteiger charge is 2.17. The average Bonchev–Trinajstić information content (AvgIpc) is 3.09. The minimum atomic E-state index is -0.458. The Hall–Kier alpha value is -2.18. The summed E-state index contributed by atoms with van der Waals surface area (Å²) in [6.45, 7) is 2.91. The number of nitrogens with one attached hydrogen (secondary N) is 1. The molecule has 7 heteroatoms. The summed E-state index contributed by atoms with van der Waals surface area (Å²) < 4.78 is 1.64. The normalized spacial score (nSPS) is 10.9. The quantitative estimate of drug-likeness (QED) is 0.759. The Bertz CT molecular complexity index is 935. The fourth-order valence-electron chi connectivity index (χ4n) is 2.49. The number of hydrogen-bond donors (Lipinski definition) is 1. The minimum Gasteiger partial charge on any atom is -0.350 e. The first kappa shape index (κ1) is 16.7. The van der Waals surface area contributed by atoms with E-state index in [1.165, 1.54) is 4.88 Å². The number of thiophene rings is 1. The molecule has 0 radical (unpaired) electrons. The first-order valence-electron chi connectivity index (χ1n) is 7.61. The summed E-state index contributed by atoms with van der Waals surface area (Å²) in [5, 5.41) is 9.84. The summed E-state index contributed by atoms with van der Waals surface area (Å²) in [4.78, 5) is 26.1. The molecular formula is C17H16ClN3O2S. The number of carbonyl (C=O) groups excluding carboxylic acids is 1. The van der Waals surface area contributed by atoms with Gasteiger partial charge in [-0.1, -0.05) is 17.7 Å². The fourth-order valence-corrected chi connectivity index (χ4v) is 3.37. The van der Waals surface area contributed by atoms with E-state index in [0.29, 0.717) is 29.0 Å². The molecule has 24 heavy (non-hydrogen) atoms. The largest absolute Gasteiger partial charge is 0.350 e. The molecular weight excluding hydrogens is 346 g/mol. The molecule has 0 bridgehead atoms. The molecule has 0 aliphatic heterocycles. The maximum Gasteiger partial charge on any atom is 0.275 e. The Morgan fingerprint density at radius 2 is 2.21 bits per heavy atom. The Kier molecular flexibility index (Phi) is 4.97. The molecule has 0 unspecified atom stereocenters. The lowest BCUT2D eigenvalue weighted by Crippen LogP contribution is -2.33. The number of fused-ring (bicyclic) bond motifs is 1. The number of aryl methyl sites for hydroxylation is 1. The molecule has 2 aromatic heterocycles. The maximum atomic E-state index is 12.6. The van der Waals surface area contributed by atoms with Crippen LogP contribution in [0.2, 0.25) is 5.02 Å². The van der Waals surface area contributed by atoms with Crippen molar-refractivity contribution in [1.82, 2.24) is 15.1 Å². The topological polar surface area (TPSA) is 64.0 Å². The van der Waals surface area contributed by atoms with Crippen LogP contribution in [0, 0.1) is 0 Å². The van der Waals surface area contributed by atoms with Gasteiger partial charge < -0.3 is 5.32 Å². The zero-order valence-corrected chi connectivity index (χ0v) is 14.7. The van der Waals surface area contributed by atoms with Gasteiger partial charge in [-0.25, -0.2) is 0 Å². The molecule has 1 N–H and O–H groups in total. The van der Waals surface area contributed by atoms with Crippen LogP contribution in [-0.2, 0) is 13.0 Å². The molecule has 3 aromatic rings. The van der Waals surface area contributed by atoms with E-state index in [1.54, 1.807) is 34.2 Å². The average molecular weight is 362 g/mol. The van der Waals surface area contributed by atoms with Gasteiger partial charge in [0.15, 0.2) is 5.69 Å². The Morgan fingerprint density at radius 3 is 2.92 bits per heavy atom. The van der Waals surface area contributed by atoms with E-state index in [1.807, 2.05) is 24.4 Å². The number of halogens is 1. The Labute approximate surface area is 147 Å². The maximum absolute atomic E-state index is 12.6. The highest BCUT2D eigenvalue weighted by Crippen LogP contribution is 2.16. The minimum absolute atomic E-state index is 0.0993. The third-order valence-electron chi connectivity index (χ3n) is 3.67. The van der Waals surface area contributed by atoms with Gasteiger partial charge in [0, 0.05) is 23.0 Å². The van der Waals surface area contributed by atoms with Crippen molar-refractivity contribution in [1.29, 1.82) is 0 Å². The fraction of sp³-hybridized carbons (Fsp3) is 0.235. The van der Waals surface area contributed by atoms with Crippen molar-refractivity contribution in [2.45, 2.75) is 19.9 Å². The SMILES string of the molecule is CCn1nc(C(=O)NCCc2cccs2)c(=O)c2cc(Cl)ccc21.